The Balaban J connectivity index is 1.33. The molecule has 2 unspecified atom stereocenters. The van der Waals surface area contributed by atoms with Gasteiger partial charge in [0.2, 0.25) is 0 Å². The van der Waals surface area contributed by atoms with Crippen LogP contribution in [-0.4, -0.2) is 10.9 Å². The molecule has 0 saturated carbocycles. The molecule has 6 rings (SSSR count). The van der Waals surface area contributed by atoms with Gasteiger partial charge in [0.25, 0.3) is 5.91 Å². The van der Waals surface area contributed by atoms with E-state index in [1.807, 2.05) is 38.1 Å². The van der Waals surface area contributed by atoms with E-state index < -0.39 is 11.2 Å². The number of carbonyl (C=O) groups is 1. The van der Waals surface area contributed by atoms with Gasteiger partial charge >= 0.3 is 0 Å². The first-order valence-electron chi connectivity index (χ1n) is 12.4. The fourth-order valence-electron chi connectivity index (χ4n) is 6.02. The zero-order chi connectivity index (χ0) is 26.1. The van der Waals surface area contributed by atoms with E-state index in [0.717, 1.165) is 50.2 Å². The van der Waals surface area contributed by atoms with Gasteiger partial charge in [-0.2, -0.15) is 0 Å². The average molecular weight is 494 g/mol. The summed E-state index contributed by atoms with van der Waals surface area (Å²) in [5.41, 5.74) is 14.1. The molecule has 3 aromatic carbocycles. The number of nitrogens with two attached hydrogens (primary N) is 1. The van der Waals surface area contributed by atoms with Crippen molar-refractivity contribution in [2.24, 2.45) is 0 Å². The number of fused-ring (bicyclic) bond motifs is 8. The number of nitrogens with zero attached hydrogens (tertiary/aromatic N) is 1. The molecule has 0 spiro atoms. The van der Waals surface area contributed by atoms with E-state index in [1.165, 1.54) is 12.1 Å². The normalized spacial score (nSPS) is 21.0. The molecule has 2 aliphatic rings. The maximum Gasteiger partial charge on any atom is 0.251 e. The summed E-state index contributed by atoms with van der Waals surface area (Å²) in [6.07, 6.45) is 0. The largest absolute Gasteiger partial charge is 0.384 e. The molecule has 1 amide bonds. The Morgan fingerprint density at radius 3 is 2.22 bits per heavy atom. The second-order valence-electron chi connectivity index (χ2n) is 10.3. The van der Waals surface area contributed by atoms with Gasteiger partial charge in [0.05, 0.1) is 0 Å². The monoisotopic (exact) mass is 493 g/mol. The highest BCUT2D eigenvalue weighted by Crippen LogP contribution is 2.61. The van der Waals surface area contributed by atoms with E-state index in [2.05, 4.69) is 42.3 Å². The predicted octanol–water partition coefficient (Wildman–Crippen LogP) is 5.89. The summed E-state index contributed by atoms with van der Waals surface area (Å²) < 4.78 is 20.2. The number of carbonyl (C=O) groups excluding carboxylic acids is 1. The molecule has 2 aliphatic heterocycles. The molecular formula is C31H28FN3O2. The van der Waals surface area contributed by atoms with Crippen LogP contribution in [0.1, 0.15) is 63.3 Å². The summed E-state index contributed by atoms with van der Waals surface area (Å²) in [6, 6.07) is 20.4. The maximum atomic E-state index is 13.5. The Morgan fingerprint density at radius 2 is 1.51 bits per heavy atom. The highest BCUT2D eigenvalue weighted by atomic mass is 19.1. The van der Waals surface area contributed by atoms with Gasteiger partial charge in [0.1, 0.15) is 22.8 Å². The lowest BCUT2D eigenvalue weighted by Gasteiger charge is -2.27. The van der Waals surface area contributed by atoms with Crippen molar-refractivity contribution in [3.63, 3.8) is 0 Å². The highest BCUT2D eigenvalue weighted by molar-refractivity contribution is 5.95. The minimum Gasteiger partial charge on any atom is -0.384 e. The van der Waals surface area contributed by atoms with Crippen LogP contribution in [0.2, 0.25) is 0 Å². The lowest BCUT2D eigenvalue weighted by Crippen LogP contribution is -2.26. The van der Waals surface area contributed by atoms with Crippen molar-refractivity contribution in [3.05, 3.63) is 117 Å². The van der Waals surface area contributed by atoms with E-state index in [4.69, 9.17) is 10.5 Å². The molecule has 2 bridgehead atoms. The van der Waals surface area contributed by atoms with Crippen molar-refractivity contribution >= 4 is 11.7 Å². The number of aryl methyl sites for hydroxylation is 2. The topological polar surface area (TPSA) is 77.2 Å². The van der Waals surface area contributed by atoms with Crippen LogP contribution in [0.5, 0.6) is 0 Å². The number of rotatable bonds is 4. The molecule has 6 heteroatoms. The molecule has 186 valence electrons. The van der Waals surface area contributed by atoms with Gasteiger partial charge in [-0.25, -0.2) is 9.37 Å². The number of benzene rings is 3. The third-order valence-corrected chi connectivity index (χ3v) is 7.94. The zero-order valence-electron chi connectivity index (χ0n) is 21.3. The molecule has 3 N–H and O–H groups in total. The summed E-state index contributed by atoms with van der Waals surface area (Å²) in [6.45, 7) is 8.38. The van der Waals surface area contributed by atoms with Crippen LogP contribution in [0.15, 0.2) is 66.7 Å². The third kappa shape index (κ3) is 3.47. The molecular weight excluding hydrogens is 465 g/mol. The highest BCUT2D eigenvalue weighted by Gasteiger charge is 2.58. The van der Waals surface area contributed by atoms with E-state index in [0.29, 0.717) is 17.9 Å². The van der Waals surface area contributed by atoms with E-state index in [9.17, 15) is 9.18 Å². The Morgan fingerprint density at radius 1 is 0.892 bits per heavy atom. The number of nitrogens with one attached hydrogen (secondary N) is 1. The number of pyridine rings is 1. The van der Waals surface area contributed by atoms with Crippen molar-refractivity contribution in [2.45, 2.75) is 45.4 Å². The number of aromatic nitrogens is 1. The SMILES string of the molecule is Cc1cc(N)nc(C)c1CNC(=O)c1ccc2c(c1)C1(C)OC2(C)c2ccc(-c3ccc(F)cc3)cc21. The van der Waals surface area contributed by atoms with Gasteiger partial charge in [0.15, 0.2) is 0 Å². The number of hydrogen-bond donors (Lipinski definition) is 2. The molecule has 1 aromatic heterocycles. The van der Waals surface area contributed by atoms with Crippen LogP contribution < -0.4 is 11.1 Å². The van der Waals surface area contributed by atoms with Crippen molar-refractivity contribution in [1.82, 2.24) is 10.3 Å². The summed E-state index contributed by atoms with van der Waals surface area (Å²) >= 11 is 0. The molecule has 2 atom stereocenters. The van der Waals surface area contributed by atoms with Gasteiger partial charge < -0.3 is 15.8 Å². The Hall–Kier alpha value is -4.03. The van der Waals surface area contributed by atoms with Crippen LogP contribution >= 0.6 is 0 Å². The van der Waals surface area contributed by atoms with Crippen molar-refractivity contribution in [3.8, 4) is 11.1 Å². The van der Waals surface area contributed by atoms with Crippen molar-refractivity contribution < 1.29 is 13.9 Å². The summed E-state index contributed by atoms with van der Waals surface area (Å²) in [5.74, 6) is 0.0584. The lowest BCUT2D eigenvalue weighted by atomic mass is 9.72. The smallest absolute Gasteiger partial charge is 0.251 e. The summed E-state index contributed by atoms with van der Waals surface area (Å²) in [5, 5.41) is 3.04. The van der Waals surface area contributed by atoms with Gasteiger partial charge in [-0.15, -0.1) is 0 Å². The molecule has 5 nitrogen and oxygen atoms in total. The Kier molecular flexibility index (Phi) is 5.04. The number of anilines is 1. The fourth-order valence-corrected chi connectivity index (χ4v) is 6.02. The molecule has 0 saturated heterocycles. The number of hydrogen-bond acceptors (Lipinski definition) is 4. The first kappa shape index (κ1) is 23.4. The summed E-state index contributed by atoms with van der Waals surface area (Å²) in [7, 11) is 0. The van der Waals surface area contributed by atoms with E-state index in [1.54, 1.807) is 12.1 Å². The quantitative estimate of drug-likeness (QED) is 0.372. The Bertz CT molecular complexity index is 1570. The molecule has 0 radical (unpaired) electrons. The van der Waals surface area contributed by atoms with Crippen LogP contribution in [0, 0.1) is 19.7 Å². The lowest BCUT2D eigenvalue weighted by molar-refractivity contribution is -0.0515. The second-order valence-corrected chi connectivity index (χ2v) is 10.3. The van der Waals surface area contributed by atoms with Gasteiger partial charge in [-0.05, 0) is 109 Å². The van der Waals surface area contributed by atoms with Gasteiger partial charge in [-0.3, -0.25) is 4.79 Å². The zero-order valence-corrected chi connectivity index (χ0v) is 21.3. The molecule has 3 heterocycles. The molecule has 4 aromatic rings. The average Bonchev–Trinajstić information content (AvgIpc) is 3.25. The van der Waals surface area contributed by atoms with E-state index in [-0.39, 0.29) is 11.7 Å². The minimum atomic E-state index is -0.695. The number of amides is 1. The number of halogens is 1. The molecule has 0 fully saturated rings. The predicted molar refractivity (Wildman–Crippen MR) is 142 cm³/mol. The first-order chi connectivity index (χ1) is 17.6. The molecule has 37 heavy (non-hydrogen) atoms. The van der Waals surface area contributed by atoms with Gasteiger partial charge in [0, 0.05) is 17.8 Å². The maximum absolute atomic E-state index is 13.5. The minimum absolute atomic E-state index is 0.157. The first-order valence-corrected chi connectivity index (χ1v) is 12.4. The van der Waals surface area contributed by atoms with Crippen LogP contribution in [0.25, 0.3) is 11.1 Å². The number of nitrogen functional groups attached to an aromatic ring is 1. The number of ether oxygens (including phenoxy) is 1. The van der Waals surface area contributed by atoms with Crippen molar-refractivity contribution in [1.29, 1.82) is 0 Å². The van der Waals surface area contributed by atoms with Gasteiger partial charge in [-0.1, -0.05) is 30.3 Å². The fraction of sp³-hybridized carbons (Fsp3) is 0.226. The van der Waals surface area contributed by atoms with E-state index >= 15 is 0 Å². The second kappa shape index (κ2) is 7.98. The van der Waals surface area contributed by atoms with Crippen LogP contribution in [0.4, 0.5) is 10.2 Å². The Labute approximate surface area is 215 Å². The third-order valence-electron chi connectivity index (χ3n) is 7.94. The van der Waals surface area contributed by atoms with Crippen LogP contribution in [0.3, 0.4) is 0 Å². The standard InChI is InChI=1S/C31H28FN3O2/c1-17-13-28(33)35-18(2)23(17)16-34-29(36)21-8-12-25-27(15-21)31(4)26-14-20(19-5-9-22(32)10-6-19)7-11-24(26)30(25,3)37-31/h5-15H,16H2,1-4H3,(H2,33,35)(H,34,36). The van der Waals surface area contributed by atoms with Crippen LogP contribution in [-0.2, 0) is 22.5 Å². The van der Waals surface area contributed by atoms with Crippen molar-refractivity contribution in [2.75, 3.05) is 5.73 Å². The summed E-state index contributed by atoms with van der Waals surface area (Å²) in [4.78, 5) is 17.5. The molecule has 0 aliphatic carbocycles.